The van der Waals surface area contributed by atoms with Gasteiger partial charge >= 0.3 is 6.03 Å². The summed E-state index contributed by atoms with van der Waals surface area (Å²) in [5.74, 6) is -0.257. The lowest BCUT2D eigenvalue weighted by Gasteiger charge is -2.32. The van der Waals surface area contributed by atoms with E-state index in [-0.39, 0.29) is 23.9 Å². The maximum absolute atomic E-state index is 13.8. The number of carbonyl (C=O) groups excluding carboxylic acids is 1. The van der Waals surface area contributed by atoms with Gasteiger partial charge in [-0.3, -0.25) is 0 Å². The van der Waals surface area contributed by atoms with E-state index in [0.717, 1.165) is 36.9 Å². The van der Waals surface area contributed by atoms with Gasteiger partial charge in [0.15, 0.2) is 0 Å². The molecule has 3 aromatic rings. The number of carbonyl (C=O) groups is 1. The Labute approximate surface area is 192 Å². The topological polar surface area (TPSA) is 37.3 Å². The lowest BCUT2D eigenvalue weighted by atomic mass is 9.95. The molecule has 1 saturated carbocycles. The summed E-state index contributed by atoms with van der Waals surface area (Å²) in [6, 6.07) is 10.8. The van der Waals surface area contributed by atoms with Gasteiger partial charge in [0, 0.05) is 22.7 Å². The first-order valence-electron chi connectivity index (χ1n) is 11.8. The lowest BCUT2D eigenvalue weighted by molar-refractivity contribution is 0.176. The number of hydrogen-bond donors (Lipinski definition) is 1. The fourth-order valence-corrected chi connectivity index (χ4v) is 7.11. The number of benzene rings is 1. The second-order valence-electron chi connectivity index (χ2n) is 9.31. The fourth-order valence-electron chi connectivity index (χ4n) is 5.71. The predicted octanol–water partition coefficient (Wildman–Crippen LogP) is 6.11. The molecule has 1 aromatic carbocycles. The minimum atomic E-state index is -0.258. The molecule has 0 radical (unpaired) electrons. The van der Waals surface area contributed by atoms with Crippen LogP contribution in [0.4, 0.5) is 9.18 Å². The Morgan fingerprint density at radius 2 is 1.78 bits per heavy atom. The summed E-state index contributed by atoms with van der Waals surface area (Å²) in [5, 5.41) is 4.57. The first-order valence-corrected chi connectivity index (χ1v) is 12.6. The number of aromatic nitrogens is 1. The van der Waals surface area contributed by atoms with Gasteiger partial charge in [-0.2, -0.15) is 0 Å². The van der Waals surface area contributed by atoms with Crippen molar-refractivity contribution < 1.29 is 9.18 Å². The van der Waals surface area contributed by atoms with Gasteiger partial charge in [-0.25, -0.2) is 9.18 Å². The fraction of sp³-hybridized carbons (Fsp3) is 0.423. The van der Waals surface area contributed by atoms with Crippen molar-refractivity contribution >= 4 is 17.4 Å². The van der Waals surface area contributed by atoms with Crippen LogP contribution in [0, 0.1) is 5.82 Å². The quantitative estimate of drug-likeness (QED) is 0.503. The van der Waals surface area contributed by atoms with Crippen LogP contribution in [-0.4, -0.2) is 21.5 Å². The number of amides is 2. The van der Waals surface area contributed by atoms with Gasteiger partial charge in [0.2, 0.25) is 0 Å². The van der Waals surface area contributed by atoms with Crippen LogP contribution in [0.15, 0.2) is 42.6 Å². The molecule has 0 bridgehead atoms. The van der Waals surface area contributed by atoms with Gasteiger partial charge in [0.25, 0.3) is 0 Å². The third-order valence-corrected chi connectivity index (χ3v) is 8.64. The van der Waals surface area contributed by atoms with Crippen LogP contribution in [0.1, 0.15) is 71.8 Å². The van der Waals surface area contributed by atoms with E-state index in [0.29, 0.717) is 6.54 Å². The number of nitrogens with one attached hydrogen (secondary N) is 1. The van der Waals surface area contributed by atoms with E-state index in [2.05, 4.69) is 28.2 Å². The molecule has 1 atom stereocenters. The SMILES string of the molecule is O=C(NC1CCCC1)N1Cc2c(sc3c2CCCC3)-n2cccc2C1c1ccc(F)cc1. The molecule has 0 saturated heterocycles. The molecule has 1 unspecified atom stereocenters. The van der Waals surface area contributed by atoms with Crippen molar-refractivity contribution in [1.82, 2.24) is 14.8 Å². The standard InChI is InChI=1S/C26H28FN3OS/c27-18-13-11-17(12-14-18)24-22-9-5-15-29(22)25-21(20-8-3-4-10-23(20)32-25)16-30(24)26(31)28-19-6-1-2-7-19/h5,9,11-15,19,24H,1-4,6-8,10,16H2,(H,28,31). The smallest absolute Gasteiger partial charge is 0.318 e. The number of thiophene rings is 1. The molecule has 2 aliphatic carbocycles. The maximum atomic E-state index is 13.8. The zero-order valence-corrected chi connectivity index (χ0v) is 19.0. The second-order valence-corrected chi connectivity index (χ2v) is 10.4. The van der Waals surface area contributed by atoms with Crippen molar-refractivity contribution in [3.05, 3.63) is 75.7 Å². The number of hydrogen-bond acceptors (Lipinski definition) is 2. The van der Waals surface area contributed by atoms with Gasteiger partial charge in [0.05, 0.1) is 18.3 Å². The summed E-state index contributed by atoms with van der Waals surface area (Å²) in [5.41, 5.74) is 4.76. The summed E-state index contributed by atoms with van der Waals surface area (Å²) in [4.78, 5) is 17.2. The highest BCUT2D eigenvalue weighted by molar-refractivity contribution is 7.15. The number of nitrogens with zero attached hydrogens (tertiary/aromatic N) is 2. The largest absolute Gasteiger partial charge is 0.335 e. The van der Waals surface area contributed by atoms with Gasteiger partial charge in [-0.15, -0.1) is 11.3 Å². The molecule has 166 valence electrons. The molecule has 3 heterocycles. The first-order chi connectivity index (χ1) is 15.7. The van der Waals surface area contributed by atoms with E-state index < -0.39 is 0 Å². The number of urea groups is 1. The molecular formula is C26H28FN3OS. The van der Waals surface area contributed by atoms with Crippen LogP contribution in [0.2, 0.25) is 0 Å². The third-order valence-electron chi connectivity index (χ3n) is 7.31. The normalized spacial score (nSPS) is 20.4. The van der Waals surface area contributed by atoms with E-state index >= 15 is 0 Å². The minimum absolute atomic E-state index is 0.0115. The molecule has 3 aliphatic rings. The van der Waals surface area contributed by atoms with Crippen LogP contribution in [0.3, 0.4) is 0 Å². The first kappa shape index (κ1) is 20.0. The predicted molar refractivity (Wildman–Crippen MR) is 125 cm³/mol. The summed E-state index contributed by atoms with van der Waals surface area (Å²) in [6.45, 7) is 0.587. The van der Waals surface area contributed by atoms with Crippen molar-refractivity contribution in [3.63, 3.8) is 0 Å². The summed E-state index contributed by atoms with van der Waals surface area (Å²) < 4.78 is 16.0. The maximum Gasteiger partial charge on any atom is 0.318 e. The van der Waals surface area contributed by atoms with Crippen LogP contribution in [0.5, 0.6) is 0 Å². The molecule has 1 aliphatic heterocycles. The average molecular weight is 450 g/mol. The van der Waals surface area contributed by atoms with Crippen molar-refractivity contribution in [2.45, 2.75) is 70.0 Å². The van der Waals surface area contributed by atoms with Gasteiger partial charge in [0.1, 0.15) is 10.8 Å². The number of fused-ring (bicyclic) bond motifs is 5. The van der Waals surface area contributed by atoms with Crippen molar-refractivity contribution in [2.75, 3.05) is 0 Å². The van der Waals surface area contributed by atoms with Crippen LogP contribution >= 0.6 is 11.3 Å². The molecule has 32 heavy (non-hydrogen) atoms. The molecule has 1 N–H and O–H groups in total. The highest BCUT2D eigenvalue weighted by Crippen LogP contribution is 2.44. The molecule has 2 amide bonds. The van der Waals surface area contributed by atoms with Gasteiger partial charge < -0.3 is 14.8 Å². The van der Waals surface area contributed by atoms with Crippen molar-refractivity contribution in [1.29, 1.82) is 0 Å². The second kappa shape index (κ2) is 8.07. The molecule has 4 nitrogen and oxygen atoms in total. The van der Waals surface area contributed by atoms with Crippen molar-refractivity contribution in [3.8, 4) is 5.00 Å². The Bertz CT molecular complexity index is 1140. The zero-order valence-electron chi connectivity index (χ0n) is 18.1. The molecule has 2 aromatic heterocycles. The molecular weight excluding hydrogens is 421 g/mol. The van der Waals surface area contributed by atoms with E-state index in [9.17, 15) is 9.18 Å². The van der Waals surface area contributed by atoms with Gasteiger partial charge in [-0.1, -0.05) is 25.0 Å². The Morgan fingerprint density at radius 3 is 2.59 bits per heavy atom. The highest BCUT2D eigenvalue weighted by atomic mass is 32.1. The number of halogens is 1. The van der Waals surface area contributed by atoms with E-state index in [1.165, 1.54) is 58.8 Å². The molecule has 6 heteroatoms. The third kappa shape index (κ3) is 3.36. The summed E-state index contributed by atoms with van der Waals surface area (Å²) >= 11 is 1.89. The number of rotatable bonds is 2. The Balaban J connectivity index is 1.49. The summed E-state index contributed by atoms with van der Waals surface area (Å²) in [7, 11) is 0. The molecule has 0 spiro atoms. The lowest BCUT2D eigenvalue weighted by Crippen LogP contribution is -2.45. The minimum Gasteiger partial charge on any atom is -0.335 e. The Morgan fingerprint density at radius 1 is 1.00 bits per heavy atom. The van der Waals surface area contributed by atoms with Crippen LogP contribution in [0.25, 0.3) is 5.00 Å². The monoisotopic (exact) mass is 449 g/mol. The zero-order chi connectivity index (χ0) is 21.7. The Kier molecular flexibility index (Phi) is 5.05. The van der Waals surface area contributed by atoms with E-state index in [4.69, 9.17) is 0 Å². The molecule has 1 fully saturated rings. The van der Waals surface area contributed by atoms with Crippen molar-refractivity contribution in [2.24, 2.45) is 0 Å². The number of aryl methyl sites for hydroxylation is 1. The molecule has 6 rings (SSSR count). The average Bonchev–Trinajstić information content (AvgIpc) is 3.54. The van der Waals surface area contributed by atoms with Crippen LogP contribution in [-0.2, 0) is 19.4 Å². The summed E-state index contributed by atoms with van der Waals surface area (Å²) in [6.07, 6.45) is 11.3. The van der Waals surface area contributed by atoms with Crippen LogP contribution < -0.4 is 5.32 Å². The highest BCUT2D eigenvalue weighted by Gasteiger charge is 2.36. The van der Waals surface area contributed by atoms with Gasteiger partial charge in [-0.05, 0) is 73.9 Å². The van der Waals surface area contributed by atoms with E-state index in [1.807, 2.05) is 28.4 Å². The Hall–Kier alpha value is -2.60. The van der Waals surface area contributed by atoms with E-state index in [1.54, 1.807) is 0 Å².